The highest BCUT2D eigenvalue weighted by Gasteiger charge is 2.14. The van der Waals surface area contributed by atoms with Gasteiger partial charge in [0.25, 0.3) is 10.0 Å². The van der Waals surface area contributed by atoms with Gasteiger partial charge in [0.05, 0.1) is 17.7 Å². The van der Waals surface area contributed by atoms with Crippen molar-refractivity contribution in [3.8, 4) is 5.75 Å². The van der Waals surface area contributed by atoms with Crippen LogP contribution in [0.2, 0.25) is 0 Å². The Balaban J connectivity index is 2.24. The number of halogens is 2. The number of hydrogen-bond donors (Lipinski definition) is 1. The van der Waals surface area contributed by atoms with Crippen molar-refractivity contribution in [1.29, 1.82) is 0 Å². The zero-order valence-electron chi connectivity index (χ0n) is 13.6. The van der Waals surface area contributed by atoms with Gasteiger partial charge in [-0.2, -0.15) is 18.4 Å². The van der Waals surface area contributed by atoms with Gasteiger partial charge in [-0.3, -0.25) is 0 Å². The number of benzene rings is 2. The zero-order valence-corrected chi connectivity index (χ0v) is 15.1. The average Bonchev–Trinajstić information content (AvgIpc) is 2.63. The van der Waals surface area contributed by atoms with E-state index >= 15 is 0 Å². The summed E-state index contributed by atoms with van der Waals surface area (Å²) in [6.45, 7) is 0. The lowest BCUT2D eigenvalue weighted by atomic mass is 10.1. The van der Waals surface area contributed by atoms with Crippen molar-refractivity contribution in [3.63, 3.8) is 0 Å². The predicted octanol–water partition coefficient (Wildman–Crippen LogP) is 3.54. The SMILES string of the molecule is COc1ccc(S(=O)(=O)N/N=C(/CCCCl)c2ccc(F)cc2)cc1. The fraction of sp³-hybridized carbons (Fsp3) is 0.235. The smallest absolute Gasteiger partial charge is 0.276 e. The van der Waals surface area contributed by atoms with Gasteiger partial charge in [-0.1, -0.05) is 12.1 Å². The molecule has 0 aliphatic rings. The third-order valence-corrected chi connectivity index (χ3v) is 4.89. The van der Waals surface area contributed by atoms with Crippen LogP contribution in [0.15, 0.2) is 58.5 Å². The van der Waals surface area contributed by atoms with Gasteiger partial charge < -0.3 is 4.74 Å². The third kappa shape index (κ3) is 5.44. The van der Waals surface area contributed by atoms with Crippen molar-refractivity contribution in [3.05, 3.63) is 59.9 Å². The van der Waals surface area contributed by atoms with E-state index in [9.17, 15) is 12.8 Å². The van der Waals surface area contributed by atoms with E-state index in [0.29, 0.717) is 35.7 Å². The minimum Gasteiger partial charge on any atom is -0.497 e. The lowest BCUT2D eigenvalue weighted by Gasteiger charge is -2.09. The summed E-state index contributed by atoms with van der Waals surface area (Å²) in [6.07, 6.45) is 1.07. The van der Waals surface area contributed by atoms with Crippen molar-refractivity contribution in [2.45, 2.75) is 17.7 Å². The molecular formula is C17H18ClFN2O3S. The summed E-state index contributed by atoms with van der Waals surface area (Å²) < 4.78 is 42.8. The summed E-state index contributed by atoms with van der Waals surface area (Å²) in [6, 6.07) is 11.6. The average molecular weight is 385 g/mol. The van der Waals surface area contributed by atoms with E-state index in [1.165, 1.54) is 31.4 Å². The first-order valence-electron chi connectivity index (χ1n) is 7.50. The molecule has 25 heavy (non-hydrogen) atoms. The van der Waals surface area contributed by atoms with Crippen molar-refractivity contribution < 1.29 is 17.5 Å². The van der Waals surface area contributed by atoms with Crippen LogP contribution in [0.4, 0.5) is 4.39 Å². The van der Waals surface area contributed by atoms with Gasteiger partial charge in [0.15, 0.2) is 0 Å². The molecule has 2 aromatic rings. The van der Waals surface area contributed by atoms with Gasteiger partial charge in [-0.15, -0.1) is 11.6 Å². The van der Waals surface area contributed by atoms with Crippen molar-refractivity contribution >= 4 is 27.3 Å². The largest absolute Gasteiger partial charge is 0.497 e. The van der Waals surface area contributed by atoms with E-state index in [1.54, 1.807) is 24.3 Å². The van der Waals surface area contributed by atoms with Crippen LogP contribution < -0.4 is 9.57 Å². The number of sulfonamides is 1. The summed E-state index contributed by atoms with van der Waals surface area (Å²) >= 11 is 5.71. The number of hydrogen-bond acceptors (Lipinski definition) is 4. The highest BCUT2D eigenvalue weighted by atomic mass is 35.5. The van der Waals surface area contributed by atoms with Crippen molar-refractivity contribution in [2.75, 3.05) is 13.0 Å². The molecule has 8 heteroatoms. The second-order valence-corrected chi connectivity index (χ2v) is 7.17. The lowest BCUT2D eigenvalue weighted by Crippen LogP contribution is -2.20. The maximum atomic E-state index is 13.1. The van der Waals surface area contributed by atoms with Crippen LogP contribution in [0, 0.1) is 5.82 Å². The summed E-state index contributed by atoms with van der Waals surface area (Å²) in [5.74, 6) is 0.585. The monoisotopic (exact) mass is 384 g/mol. The quantitative estimate of drug-likeness (QED) is 0.430. The molecule has 0 fully saturated rings. The molecule has 134 valence electrons. The molecule has 0 aliphatic heterocycles. The first-order chi connectivity index (χ1) is 12.0. The Labute approximate surface area is 151 Å². The molecule has 0 radical (unpaired) electrons. The third-order valence-electron chi connectivity index (χ3n) is 3.40. The summed E-state index contributed by atoms with van der Waals surface area (Å²) in [5, 5.41) is 4.02. The number of methoxy groups -OCH3 is 1. The Morgan fingerprint density at radius 1 is 1.16 bits per heavy atom. The predicted molar refractivity (Wildman–Crippen MR) is 96.2 cm³/mol. The van der Waals surface area contributed by atoms with Gasteiger partial charge in [0.1, 0.15) is 11.6 Å². The summed E-state index contributed by atoms with van der Waals surface area (Å²) in [4.78, 5) is 2.28. The zero-order chi connectivity index (χ0) is 18.3. The molecule has 5 nitrogen and oxygen atoms in total. The first-order valence-corrected chi connectivity index (χ1v) is 9.52. The van der Waals surface area contributed by atoms with E-state index < -0.39 is 10.0 Å². The molecule has 1 N–H and O–H groups in total. The van der Waals surface area contributed by atoms with Crippen LogP contribution in [-0.2, 0) is 10.0 Å². The molecule has 0 saturated heterocycles. The molecule has 0 amide bonds. The second-order valence-electron chi connectivity index (χ2n) is 5.13. The molecule has 2 rings (SSSR count). The fourth-order valence-electron chi connectivity index (χ4n) is 2.06. The molecular weight excluding hydrogens is 367 g/mol. The Kier molecular flexibility index (Phi) is 6.78. The molecule has 0 saturated carbocycles. The Morgan fingerprint density at radius 2 is 1.80 bits per heavy atom. The molecule has 0 bridgehead atoms. The maximum Gasteiger partial charge on any atom is 0.276 e. The summed E-state index contributed by atoms with van der Waals surface area (Å²) in [7, 11) is -2.32. The Hall–Kier alpha value is -2.12. The van der Waals surface area contributed by atoms with Crippen LogP contribution in [0.25, 0.3) is 0 Å². The Morgan fingerprint density at radius 3 is 2.36 bits per heavy atom. The molecule has 0 atom stereocenters. The molecule has 0 spiro atoms. The van der Waals surface area contributed by atoms with Gasteiger partial charge in [0.2, 0.25) is 0 Å². The van der Waals surface area contributed by atoms with Gasteiger partial charge >= 0.3 is 0 Å². The molecule has 0 aromatic heterocycles. The molecule has 0 unspecified atom stereocenters. The highest BCUT2D eigenvalue weighted by molar-refractivity contribution is 7.89. The van der Waals surface area contributed by atoms with Gasteiger partial charge in [0, 0.05) is 5.88 Å². The van der Waals surface area contributed by atoms with Crippen LogP contribution in [0.5, 0.6) is 5.75 Å². The number of rotatable bonds is 8. The fourth-order valence-corrected chi connectivity index (χ4v) is 3.03. The normalized spacial score (nSPS) is 12.0. The topological polar surface area (TPSA) is 67.8 Å². The molecule has 0 heterocycles. The van der Waals surface area contributed by atoms with Crippen LogP contribution in [0.1, 0.15) is 18.4 Å². The van der Waals surface area contributed by atoms with E-state index in [1.807, 2.05) is 0 Å². The standard InChI is InChI=1S/C17H18ClFN2O3S/c1-24-15-8-10-16(11-9-15)25(22,23)21-20-17(3-2-12-18)13-4-6-14(19)7-5-13/h4-11,21H,2-3,12H2,1H3/b20-17-. The van der Waals surface area contributed by atoms with Gasteiger partial charge in [-0.25, -0.2) is 4.39 Å². The first kappa shape index (κ1) is 19.2. The highest BCUT2D eigenvalue weighted by Crippen LogP contribution is 2.16. The molecule has 2 aromatic carbocycles. The number of alkyl halides is 1. The van der Waals surface area contributed by atoms with Crippen molar-refractivity contribution in [1.82, 2.24) is 4.83 Å². The van der Waals surface area contributed by atoms with Crippen LogP contribution in [-0.4, -0.2) is 27.1 Å². The second kappa shape index (κ2) is 8.82. The summed E-state index contributed by atoms with van der Waals surface area (Å²) in [5.41, 5.74) is 1.11. The van der Waals surface area contributed by atoms with E-state index in [0.717, 1.165) is 0 Å². The number of hydrazone groups is 1. The lowest BCUT2D eigenvalue weighted by molar-refractivity contribution is 0.414. The number of ether oxygens (including phenoxy) is 1. The van der Waals surface area contributed by atoms with Gasteiger partial charge in [-0.05, 0) is 54.8 Å². The van der Waals surface area contributed by atoms with Crippen LogP contribution >= 0.6 is 11.6 Å². The molecule has 0 aliphatic carbocycles. The van der Waals surface area contributed by atoms with E-state index in [-0.39, 0.29) is 10.7 Å². The number of nitrogens with one attached hydrogen (secondary N) is 1. The Bertz CT molecular complexity index is 822. The minimum absolute atomic E-state index is 0.0628. The van der Waals surface area contributed by atoms with Crippen molar-refractivity contribution in [2.24, 2.45) is 5.10 Å². The van der Waals surface area contributed by atoms with E-state index in [2.05, 4.69) is 9.93 Å². The van der Waals surface area contributed by atoms with E-state index in [4.69, 9.17) is 16.3 Å². The van der Waals surface area contributed by atoms with Crippen LogP contribution in [0.3, 0.4) is 0 Å². The number of nitrogens with zero attached hydrogens (tertiary/aromatic N) is 1. The minimum atomic E-state index is -3.82. The maximum absolute atomic E-state index is 13.1.